The Hall–Kier alpha value is -1.16. The van der Waals surface area contributed by atoms with E-state index in [-0.39, 0.29) is 11.6 Å². The van der Waals surface area contributed by atoms with Gasteiger partial charge in [0.25, 0.3) is 0 Å². The molecule has 0 radical (unpaired) electrons. The highest BCUT2D eigenvalue weighted by atomic mass is 35.5. The number of imidazole rings is 1. The first-order valence-corrected chi connectivity index (χ1v) is 7.99. The molecule has 5 heteroatoms. The minimum Gasteiger partial charge on any atom is -0.322 e. The fraction of sp³-hybridized carbons (Fsp3) is 0.562. The van der Waals surface area contributed by atoms with Crippen molar-refractivity contribution in [1.82, 2.24) is 9.55 Å². The molecule has 0 aliphatic carbocycles. The van der Waals surface area contributed by atoms with E-state index in [4.69, 9.17) is 11.6 Å². The van der Waals surface area contributed by atoms with Crippen LogP contribution in [0.1, 0.15) is 45.5 Å². The van der Waals surface area contributed by atoms with Crippen molar-refractivity contribution in [3.05, 3.63) is 29.6 Å². The molecule has 2 aromatic rings. The molecule has 2 nitrogen and oxygen atoms in total. The number of aromatic nitrogens is 2. The van der Waals surface area contributed by atoms with Crippen LogP contribution in [0.4, 0.5) is 8.78 Å². The molecular formula is C16H21ClF2N2. The van der Waals surface area contributed by atoms with E-state index in [0.717, 1.165) is 24.7 Å². The molecule has 0 saturated carbocycles. The van der Waals surface area contributed by atoms with Crippen LogP contribution in [0.15, 0.2) is 12.1 Å². The van der Waals surface area contributed by atoms with Gasteiger partial charge in [0.2, 0.25) is 0 Å². The van der Waals surface area contributed by atoms with Crippen molar-refractivity contribution in [3.8, 4) is 0 Å². The van der Waals surface area contributed by atoms with Gasteiger partial charge >= 0.3 is 0 Å². The van der Waals surface area contributed by atoms with Crippen LogP contribution >= 0.6 is 11.6 Å². The van der Waals surface area contributed by atoms with Gasteiger partial charge in [0, 0.05) is 18.3 Å². The van der Waals surface area contributed by atoms with Crippen molar-refractivity contribution in [2.24, 2.45) is 5.92 Å². The summed E-state index contributed by atoms with van der Waals surface area (Å²) in [4.78, 5) is 4.45. The van der Waals surface area contributed by atoms with Gasteiger partial charge in [0.15, 0.2) is 11.6 Å². The van der Waals surface area contributed by atoms with Crippen molar-refractivity contribution >= 4 is 22.6 Å². The molecule has 1 aromatic heterocycles. The first-order chi connectivity index (χ1) is 10.0. The number of nitrogens with zero attached hydrogens (tertiary/aromatic N) is 2. The first-order valence-electron chi connectivity index (χ1n) is 7.45. The Morgan fingerprint density at radius 1 is 1.24 bits per heavy atom. The number of hydrogen-bond donors (Lipinski definition) is 0. The van der Waals surface area contributed by atoms with Crippen LogP contribution in [0.3, 0.4) is 0 Å². The average Bonchev–Trinajstić information content (AvgIpc) is 2.83. The number of aryl methyl sites for hydroxylation is 1. The van der Waals surface area contributed by atoms with Crippen LogP contribution in [0.2, 0.25) is 0 Å². The molecule has 1 atom stereocenters. The summed E-state index contributed by atoms with van der Waals surface area (Å²) in [5.74, 6) is -0.136. The normalized spacial score (nSPS) is 13.3. The van der Waals surface area contributed by atoms with Crippen LogP contribution in [0.25, 0.3) is 11.0 Å². The van der Waals surface area contributed by atoms with Gasteiger partial charge in [-0.1, -0.05) is 26.7 Å². The second-order valence-corrected chi connectivity index (χ2v) is 5.76. The maximum atomic E-state index is 14.3. The zero-order chi connectivity index (χ0) is 15.6. The van der Waals surface area contributed by atoms with Gasteiger partial charge in [-0.15, -0.1) is 11.6 Å². The Morgan fingerprint density at radius 3 is 2.48 bits per heavy atom. The summed E-state index contributed by atoms with van der Waals surface area (Å²) >= 11 is 5.84. The summed E-state index contributed by atoms with van der Waals surface area (Å²) in [7, 11) is 0. The molecule has 116 valence electrons. The van der Waals surface area contributed by atoms with E-state index in [2.05, 4.69) is 18.8 Å². The Bertz CT molecular complexity index is 620. The molecule has 0 bridgehead atoms. The van der Waals surface area contributed by atoms with Gasteiger partial charge in [0.1, 0.15) is 11.3 Å². The van der Waals surface area contributed by atoms with Crippen LogP contribution < -0.4 is 0 Å². The van der Waals surface area contributed by atoms with Crippen molar-refractivity contribution in [3.63, 3.8) is 0 Å². The van der Waals surface area contributed by atoms with Crippen LogP contribution in [-0.2, 0) is 6.42 Å². The molecule has 1 aromatic carbocycles. The average molecular weight is 315 g/mol. The molecule has 1 unspecified atom stereocenters. The van der Waals surface area contributed by atoms with Gasteiger partial charge in [-0.25, -0.2) is 13.8 Å². The van der Waals surface area contributed by atoms with Gasteiger partial charge in [-0.2, -0.15) is 0 Å². The lowest BCUT2D eigenvalue weighted by Gasteiger charge is -2.25. The molecule has 0 amide bonds. The Labute approximate surface area is 129 Å². The topological polar surface area (TPSA) is 17.8 Å². The highest BCUT2D eigenvalue weighted by Gasteiger charge is 2.24. The second kappa shape index (κ2) is 6.73. The van der Waals surface area contributed by atoms with Gasteiger partial charge in [-0.3, -0.25) is 0 Å². The van der Waals surface area contributed by atoms with E-state index in [0.29, 0.717) is 23.7 Å². The summed E-state index contributed by atoms with van der Waals surface area (Å²) in [5, 5.41) is 0. The molecule has 21 heavy (non-hydrogen) atoms. The van der Waals surface area contributed by atoms with E-state index in [9.17, 15) is 8.78 Å². The van der Waals surface area contributed by atoms with E-state index < -0.39 is 11.6 Å². The summed E-state index contributed by atoms with van der Waals surface area (Å²) in [6.45, 7) is 6.27. The van der Waals surface area contributed by atoms with E-state index in [1.165, 1.54) is 6.07 Å². The molecule has 0 N–H and O–H groups in total. The number of halogens is 3. The predicted molar refractivity (Wildman–Crippen MR) is 82.9 cm³/mol. The first kappa shape index (κ1) is 16.2. The smallest absolute Gasteiger partial charge is 0.184 e. The molecule has 2 rings (SSSR count). The lowest BCUT2D eigenvalue weighted by atomic mass is 9.95. The molecule has 0 saturated heterocycles. The SMILES string of the molecule is CCC(CC)C(C)n1c(CCCl)nc2ccc(F)c(F)c21. The third-order valence-electron chi connectivity index (χ3n) is 4.27. The summed E-state index contributed by atoms with van der Waals surface area (Å²) < 4.78 is 29.7. The van der Waals surface area contributed by atoms with Gasteiger partial charge in [0.05, 0.1) is 5.52 Å². The molecule has 0 spiro atoms. The largest absolute Gasteiger partial charge is 0.322 e. The van der Waals surface area contributed by atoms with Crippen molar-refractivity contribution in [1.29, 1.82) is 0 Å². The van der Waals surface area contributed by atoms with Crippen molar-refractivity contribution in [2.45, 2.75) is 46.1 Å². The van der Waals surface area contributed by atoms with Crippen molar-refractivity contribution < 1.29 is 8.78 Å². The molecule has 0 aliphatic rings. The Morgan fingerprint density at radius 2 is 1.90 bits per heavy atom. The predicted octanol–water partition coefficient (Wildman–Crippen LogP) is 5.09. The van der Waals surface area contributed by atoms with Gasteiger partial charge < -0.3 is 4.57 Å². The van der Waals surface area contributed by atoms with E-state index >= 15 is 0 Å². The highest BCUT2D eigenvalue weighted by Crippen LogP contribution is 2.31. The number of rotatable bonds is 6. The zero-order valence-corrected chi connectivity index (χ0v) is 13.4. The molecule has 0 fully saturated rings. The third kappa shape index (κ3) is 2.91. The number of alkyl halides is 1. The minimum atomic E-state index is -0.835. The standard InChI is InChI=1S/C16H21ClF2N2/c1-4-11(5-2)10(3)21-14(8-9-17)20-13-7-6-12(18)15(19)16(13)21/h6-7,10-11H,4-5,8-9H2,1-3H3. The second-order valence-electron chi connectivity index (χ2n) is 5.38. The quantitative estimate of drug-likeness (QED) is 0.679. The number of hydrogen-bond acceptors (Lipinski definition) is 1. The molecule has 0 aliphatic heterocycles. The Balaban J connectivity index is 2.67. The lowest BCUT2D eigenvalue weighted by molar-refractivity contribution is 0.331. The fourth-order valence-corrected chi connectivity index (χ4v) is 3.22. The van der Waals surface area contributed by atoms with E-state index in [1.807, 2.05) is 11.5 Å². The van der Waals surface area contributed by atoms with Gasteiger partial charge in [-0.05, 0) is 25.0 Å². The van der Waals surface area contributed by atoms with Crippen LogP contribution in [-0.4, -0.2) is 15.4 Å². The zero-order valence-electron chi connectivity index (χ0n) is 12.7. The monoisotopic (exact) mass is 314 g/mol. The van der Waals surface area contributed by atoms with Crippen LogP contribution in [0, 0.1) is 17.6 Å². The molecular weight excluding hydrogens is 294 g/mol. The maximum Gasteiger partial charge on any atom is 0.184 e. The Kier molecular flexibility index (Phi) is 5.20. The summed E-state index contributed by atoms with van der Waals surface area (Å²) in [6.07, 6.45) is 2.50. The number of benzene rings is 1. The summed E-state index contributed by atoms with van der Waals surface area (Å²) in [5.41, 5.74) is 0.751. The van der Waals surface area contributed by atoms with Crippen LogP contribution in [0.5, 0.6) is 0 Å². The molecule has 1 heterocycles. The highest BCUT2D eigenvalue weighted by molar-refractivity contribution is 6.17. The number of fused-ring (bicyclic) bond motifs is 1. The minimum absolute atomic E-state index is 0.0551. The maximum absolute atomic E-state index is 14.3. The van der Waals surface area contributed by atoms with E-state index in [1.54, 1.807) is 0 Å². The fourth-order valence-electron chi connectivity index (χ4n) is 3.05. The third-order valence-corrected chi connectivity index (χ3v) is 4.46. The lowest BCUT2D eigenvalue weighted by Crippen LogP contribution is -2.18. The summed E-state index contributed by atoms with van der Waals surface area (Å²) in [6, 6.07) is 2.71. The van der Waals surface area contributed by atoms with Crippen molar-refractivity contribution in [2.75, 3.05) is 5.88 Å².